The van der Waals surface area contributed by atoms with Gasteiger partial charge in [-0.3, -0.25) is 0 Å². The Morgan fingerprint density at radius 1 is 1.69 bits per heavy atom. The molecule has 13 heavy (non-hydrogen) atoms. The van der Waals surface area contributed by atoms with E-state index in [-0.39, 0.29) is 0 Å². The highest BCUT2D eigenvalue weighted by Crippen LogP contribution is 1.93. The summed E-state index contributed by atoms with van der Waals surface area (Å²) in [6, 6.07) is 0. The van der Waals surface area contributed by atoms with Gasteiger partial charge in [0.2, 0.25) is 0 Å². The van der Waals surface area contributed by atoms with Crippen LogP contribution in [0.5, 0.6) is 0 Å². The number of hydrogen-bond acceptors (Lipinski definition) is 2. The smallest absolute Gasteiger partial charge is 0.105 e. The van der Waals surface area contributed by atoms with E-state index in [1.165, 1.54) is 5.57 Å². The van der Waals surface area contributed by atoms with E-state index in [9.17, 15) is 0 Å². The molecule has 0 aliphatic rings. The van der Waals surface area contributed by atoms with Crippen LogP contribution in [0.1, 0.15) is 12.7 Å². The van der Waals surface area contributed by atoms with Gasteiger partial charge in [-0.15, -0.1) is 0 Å². The summed E-state index contributed by atoms with van der Waals surface area (Å²) >= 11 is 0. The van der Waals surface area contributed by atoms with Gasteiger partial charge < -0.3 is 9.88 Å². The monoisotopic (exact) mass is 179 g/mol. The predicted molar refractivity (Wildman–Crippen MR) is 54.6 cm³/mol. The van der Waals surface area contributed by atoms with Crippen molar-refractivity contribution in [1.29, 1.82) is 0 Å². The van der Waals surface area contributed by atoms with Crippen LogP contribution in [-0.2, 0) is 6.54 Å². The molecule has 0 atom stereocenters. The SMILES string of the molecule is C=C(C)CNCCn1ccnc1C. The molecule has 1 aromatic rings. The summed E-state index contributed by atoms with van der Waals surface area (Å²) in [7, 11) is 0. The second-order valence-corrected chi connectivity index (χ2v) is 3.30. The fourth-order valence-corrected chi connectivity index (χ4v) is 1.14. The van der Waals surface area contributed by atoms with Crippen LogP contribution in [0.3, 0.4) is 0 Å². The number of hydrogen-bond donors (Lipinski definition) is 1. The first kappa shape index (κ1) is 9.99. The van der Waals surface area contributed by atoms with Crippen molar-refractivity contribution in [3.63, 3.8) is 0 Å². The predicted octanol–water partition coefficient (Wildman–Crippen LogP) is 1.36. The van der Waals surface area contributed by atoms with Gasteiger partial charge in [0.25, 0.3) is 0 Å². The molecule has 0 aliphatic carbocycles. The Bertz CT molecular complexity index is 275. The minimum atomic E-state index is 0.897. The molecule has 1 aromatic heterocycles. The van der Waals surface area contributed by atoms with Crippen molar-refractivity contribution in [3.05, 3.63) is 30.4 Å². The van der Waals surface area contributed by atoms with Gasteiger partial charge in [-0.05, 0) is 13.8 Å². The molecule has 0 spiro atoms. The molecule has 3 nitrogen and oxygen atoms in total. The first-order valence-corrected chi connectivity index (χ1v) is 4.53. The van der Waals surface area contributed by atoms with E-state index in [2.05, 4.69) is 21.4 Å². The average molecular weight is 179 g/mol. The van der Waals surface area contributed by atoms with Gasteiger partial charge in [-0.1, -0.05) is 12.2 Å². The molecule has 1 heterocycles. The lowest BCUT2D eigenvalue weighted by molar-refractivity contribution is 0.607. The van der Waals surface area contributed by atoms with E-state index in [4.69, 9.17) is 0 Å². The summed E-state index contributed by atoms with van der Waals surface area (Å²) < 4.78 is 2.13. The van der Waals surface area contributed by atoms with Gasteiger partial charge in [-0.25, -0.2) is 4.98 Å². The summed E-state index contributed by atoms with van der Waals surface area (Å²) in [6.07, 6.45) is 3.83. The van der Waals surface area contributed by atoms with Crippen molar-refractivity contribution in [1.82, 2.24) is 14.9 Å². The lowest BCUT2D eigenvalue weighted by Crippen LogP contribution is -2.21. The lowest BCUT2D eigenvalue weighted by atomic mass is 10.3. The normalized spacial score (nSPS) is 10.3. The van der Waals surface area contributed by atoms with Gasteiger partial charge in [0.15, 0.2) is 0 Å². The molecule has 72 valence electrons. The molecule has 0 fully saturated rings. The molecule has 3 heteroatoms. The molecule has 0 aromatic carbocycles. The Morgan fingerprint density at radius 2 is 2.46 bits per heavy atom. The quantitative estimate of drug-likeness (QED) is 0.546. The molecule has 0 bridgehead atoms. The Labute approximate surface area is 79.5 Å². The first-order valence-electron chi connectivity index (χ1n) is 4.53. The fourth-order valence-electron chi connectivity index (χ4n) is 1.14. The minimum absolute atomic E-state index is 0.897. The molecule has 0 radical (unpaired) electrons. The summed E-state index contributed by atoms with van der Waals surface area (Å²) in [5.41, 5.74) is 1.17. The number of nitrogens with zero attached hydrogens (tertiary/aromatic N) is 2. The van der Waals surface area contributed by atoms with Crippen LogP contribution in [0.2, 0.25) is 0 Å². The maximum atomic E-state index is 4.15. The Morgan fingerprint density at radius 3 is 3.00 bits per heavy atom. The van der Waals surface area contributed by atoms with E-state index < -0.39 is 0 Å². The molecule has 1 rings (SSSR count). The van der Waals surface area contributed by atoms with Gasteiger partial charge in [0.1, 0.15) is 5.82 Å². The van der Waals surface area contributed by atoms with Crippen LogP contribution in [0.25, 0.3) is 0 Å². The third-order valence-electron chi connectivity index (χ3n) is 1.88. The maximum Gasteiger partial charge on any atom is 0.105 e. The Balaban J connectivity index is 2.20. The zero-order valence-electron chi connectivity index (χ0n) is 8.38. The maximum absolute atomic E-state index is 4.15. The number of aromatic nitrogens is 2. The van der Waals surface area contributed by atoms with Crippen molar-refractivity contribution in [2.24, 2.45) is 0 Å². The summed E-state index contributed by atoms with van der Waals surface area (Å²) in [5.74, 6) is 1.07. The number of nitrogens with one attached hydrogen (secondary N) is 1. The summed E-state index contributed by atoms with van der Waals surface area (Å²) in [6.45, 7) is 10.7. The zero-order chi connectivity index (χ0) is 9.68. The molecule has 0 unspecified atom stereocenters. The average Bonchev–Trinajstić information content (AvgIpc) is 2.45. The number of imidazole rings is 1. The van der Waals surface area contributed by atoms with E-state index in [0.717, 1.165) is 25.5 Å². The van der Waals surface area contributed by atoms with Crippen molar-refractivity contribution in [3.8, 4) is 0 Å². The van der Waals surface area contributed by atoms with Crippen molar-refractivity contribution in [2.75, 3.05) is 13.1 Å². The van der Waals surface area contributed by atoms with Gasteiger partial charge in [0.05, 0.1) is 0 Å². The molecule has 1 N–H and O–H groups in total. The summed E-state index contributed by atoms with van der Waals surface area (Å²) in [5, 5.41) is 3.30. The highest BCUT2D eigenvalue weighted by molar-refractivity contribution is 4.91. The van der Waals surface area contributed by atoms with Gasteiger partial charge >= 0.3 is 0 Å². The fraction of sp³-hybridized carbons (Fsp3) is 0.500. The van der Waals surface area contributed by atoms with E-state index >= 15 is 0 Å². The van der Waals surface area contributed by atoms with E-state index in [1.807, 2.05) is 26.2 Å². The molecule has 0 saturated carbocycles. The molecule has 0 saturated heterocycles. The highest BCUT2D eigenvalue weighted by Gasteiger charge is 1.94. The summed E-state index contributed by atoms with van der Waals surface area (Å²) in [4.78, 5) is 4.15. The minimum Gasteiger partial charge on any atom is -0.334 e. The molecular weight excluding hydrogens is 162 g/mol. The number of aryl methyl sites for hydroxylation is 1. The second kappa shape index (κ2) is 4.82. The number of rotatable bonds is 5. The van der Waals surface area contributed by atoms with Crippen LogP contribution in [-0.4, -0.2) is 22.6 Å². The Kier molecular flexibility index (Phi) is 3.71. The van der Waals surface area contributed by atoms with Crippen LogP contribution in [0, 0.1) is 6.92 Å². The van der Waals surface area contributed by atoms with E-state index in [0.29, 0.717) is 0 Å². The van der Waals surface area contributed by atoms with E-state index in [1.54, 1.807) is 0 Å². The van der Waals surface area contributed by atoms with Crippen LogP contribution >= 0.6 is 0 Å². The molecule has 0 amide bonds. The molecule has 0 aliphatic heterocycles. The van der Waals surface area contributed by atoms with Crippen molar-refractivity contribution < 1.29 is 0 Å². The van der Waals surface area contributed by atoms with Gasteiger partial charge in [0, 0.05) is 32.0 Å². The third-order valence-corrected chi connectivity index (χ3v) is 1.88. The van der Waals surface area contributed by atoms with Crippen molar-refractivity contribution in [2.45, 2.75) is 20.4 Å². The van der Waals surface area contributed by atoms with Crippen LogP contribution < -0.4 is 5.32 Å². The largest absolute Gasteiger partial charge is 0.334 e. The topological polar surface area (TPSA) is 29.9 Å². The second-order valence-electron chi connectivity index (χ2n) is 3.30. The van der Waals surface area contributed by atoms with Gasteiger partial charge in [-0.2, -0.15) is 0 Å². The molecular formula is C10H17N3. The zero-order valence-corrected chi connectivity index (χ0v) is 8.38. The lowest BCUT2D eigenvalue weighted by Gasteiger charge is -2.06. The first-order chi connectivity index (χ1) is 6.20. The standard InChI is InChI=1S/C10H17N3/c1-9(2)8-11-4-6-13-7-5-12-10(13)3/h5,7,11H,1,4,6,8H2,2-3H3. The highest BCUT2D eigenvalue weighted by atomic mass is 15.1. The van der Waals surface area contributed by atoms with Crippen LogP contribution in [0.15, 0.2) is 24.5 Å². The van der Waals surface area contributed by atoms with Crippen LogP contribution in [0.4, 0.5) is 0 Å². The van der Waals surface area contributed by atoms with Crippen molar-refractivity contribution >= 4 is 0 Å². The Hall–Kier alpha value is -1.09. The third kappa shape index (κ3) is 3.42.